The van der Waals surface area contributed by atoms with E-state index >= 15 is 0 Å². The molecule has 0 bridgehead atoms. The van der Waals surface area contributed by atoms with Gasteiger partial charge in [-0.25, -0.2) is 0 Å². The Morgan fingerprint density at radius 2 is 1.76 bits per heavy atom. The molecule has 1 atom stereocenters. The fourth-order valence-corrected chi connectivity index (χ4v) is 3.89. The highest BCUT2D eigenvalue weighted by Crippen LogP contribution is 2.32. The topological polar surface area (TPSA) is 85.4 Å². The number of para-hydroxylation sites is 2. The minimum absolute atomic E-state index is 0.0483. The summed E-state index contributed by atoms with van der Waals surface area (Å²) in [5, 5.41) is 0. The molecule has 8 nitrogen and oxygen atoms in total. The molecule has 0 radical (unpaired) electrons. The van der Waals surface area contributed by atoms with E-state index in [1.807, 2.05) is 25.1 Å². The van der Waals surface area contributed by atoms with Gasteiger partial charge >= 0.3 is 5.97 Å². The number of carbonyl (C=O) groups is 3. The van der Waals surface area contributed by atoms with Gasteiger partial charge < -0.3 is 24.0 Å². The molecule has 1 unspecified atom stereocenters. The number of rotatable bonds is 7. The smallest absolute Gasteiger partial charge is 0.326 e. The van der Waals surface area contributed by atoms with Crippen LogP contribution in [0.25, 0.3) is 0 Å². The van der Waals surface area contributed by atoms with Gasteiger partial charge in [-0.3, -0.25) is 14.4 Å². The second-order valence-electron chi connectivity index (χ2n) is 7.50. The zero-order valence-electron chi connectivity index (χ0n) is 19.3. The fourth-order valence-electron chi connectivity index (χ4n) is 3.89. The number of nitrogens with zero attached hydrogens (tertiary/aromatic N) is 2. The first-order valence-corrected chi connectivity index (χ1v) is 11.1. The summed E-state index contributed by atoms with van der Waals surface area (Å²) >= 11 is 0. The zero-order valence-corrected chi connectivity index (χ0v) is 19.3. The predicted octanol–water partition coefficient (Wildman–Crippen LogP) is 3.22. The van der Waals surface area contributed by atoms with E-state index in [0.717, 1.165) is 5.56 Å². The van der Waals surface area contributed by atoms with Crippen molar-refractivity contribution >= 4 is 23.5 Å². The molecule has 1 heterocycles. The molecule has 8 heteroatoms. The van der Waals surface area contributed by atoms with Crippen LogP contribution in [0.15, 0.2) is 48.5 Å². The third-order valence-electron chi connectivity index (χ3n) is 5.44. The van der Waals surface area contributed by atoms with Crippen molar-refractivity contribution in [1.29, 1.82) is 0 Å². The summed E-state index contributed by atoms with van der Waals surface area (Å²) < 4.78 is 16.5. The summed E-state index contributed by atoms with van der Waals surface area (Å²) in [4.78, 5) is 42.0. The van der Waals surface area contributed by atoms with E-state index in [2.05, 4.69) is 0 Å². The second kappa shape index (κ2) is 11.5. The Balaban J connectivity index is 1.98. The van der Waals surface area contributed by atoms with Crippen molar-refractivity contribution in [3.8, 4) is 5.75 Å². The van der Waals surface area contributed by atoms with Crippen LogP contribution in [0.4, 0.5) is 5.69 Å². The molecule has 0 N–H and O–H groups in total. The third-order valence-corrected chi connectivity index (χ3v) is 5.44. The fraction of sp³-hybridized carbons (Fsp3) is 0.400. The van der Waals surface area contributed by atoms with Gasteiger partial charge in [0.25, 0.3) is 5.91 Å². The van der Waals surface area contributed by atoms with Crippen LogP contribution in [-0.4, -0.2) is 62.6 Å². The Morgan fingerprint density at radius 3 is 2.48 bits per heavy atom. The first-order chi connectivity index (χ1) is 16.0. The van der Waals surface area contributed by atoms with Crippen LogP contribution in [0.3, 0.4) is 0 Å². The van der Waals surface area contributed by atoms with Gasteiger partial charge in [0.1, 0.15) is 18.4 Å². The number of hydrogen-bond acceptors (Lipinski definition) is 6. The normalized spacial score (nSPS) is 16.3. The van der Waals surface area contributed by atoms with E-state index in [-0.39, 0.29) is 44.5 Å². The number of esters is 1. The molecule has 176 valence electrons. The number of hydrogen-bond donors (Lipinski definition) is 0. The molecule has 0 saturated carbocycles. The highest BCUT2D eigenvalue weighted by molar-refractivity contribution is 6.00. The quantitative estimate of drug-likeness (QED) is 0.598. The van der Waals surface area contributed by atoms with Crippen molar-refractivity contribution < 1.29 is 28.6 Å². The summed E-state index contributed by atoms with van der Waals surface area (Å²) in [6.07, 6.45) is -0.452. The molecule has 0 spiro atoms. The number of carbonyl (C=O) groups excluding carboxylic acids is 3. The van der Waals surface area contributed by atoms with Crippen molar-refractivity contribution in [2.45, 2.75) is 26.4 Å². The summed E-state index contributed by atoms with van der Waals surface area (Å²) in [5.41, 5.74) is 1.72. The highest BCUT2D eigenvalue weighted by atomic mass is 16.5. The third kappa shape index (κ3) is 5.70. The molecule has 0 saturated heterocycles. The average Bonchev–Trinajstić information content (AvgIpc) is 2.88. The summed E-state index contributed by atoms with van der Waals surface area (Å²) in [6.45, 7) is 4.44. The molecule has 1 aliphatic heterocycles. The Kier molecular flexibility index (Phi) is 8.43. The van der Waals surface area contributed by atoms with Crippen molar-refractivity contribution in [2.75, 3.05) is 44.9 Å². The van der Waals surface area contributed by atoms with E-state index in [4.69, 9.17) is 14.2 Å². The Labute approximate surface area is 194 Å². The van der Waals surface area contributed by atoms with Crippen LogP contribution < -0.4 is 9.64 Å². The molecular weight excluding hydrogens is 424 g/mol. The van der Waals surface area contributed by atoms with E-state index in [1.54, 1.807) is 49.3 Å². The molecule has 3 rings (SSSR count). The van der Waals surface area contributed by atoms with Gasteiger partial charge in [0.2, 0.25) is 5.91 Å². The van der Waals surface area contributed by atoms with Crippen LogP contribution in [0.2, 0.25) is 0 Å². The number of amides is 2. The summed E-state index contributed by atoms with van der Waals surface area (Å²) in [6, 6.07) is 14.3. The molecular formula is C25H30N2O6. The van der Waals surface area contributed by atoms with E-state index in [9.17, 15) is 14.4 Å². The van der Waals surface area contributed by atoms with Gasteiger partial charge in [0.15, 0.2) is 0 Å². The lowest BCUT2D eigenvalue weighted by Crippen LogP contribution is -2.39. The van der Waals surface area contributed by atoms with Gasteiger partial charge in [0, 0.05) is 25.6 Å². The molecule has 33 heavy (non-hydrogen) atoms. The molecule has 0 fully saturated rings. The largest absolute Gasteiger partial charge is 0.493 e. The molecule has 2 aromatic rings. The minimum Gasteiger partial charge on any atom is -0.493 e. The Hall–Kier alpha value is -3.39. The van der Waals surface area contributed by atoms with Crippen LogP contribution in [0, 0.1) is 0 Å². The standard InChI is InChI=1S/C25H30N2O6/c1-4-32-21-13-9-7-11-19(21)25(30)26-15-14-23(28)27(17-24(29)33-5-2)20-12-8-6-10-18(20)22(16-26)31-3/h6-13,22H,4-5,14-17H2,1-3H3. The van der Waals surface area contributed by atoms with Crippen LogP contribution in [0.5, 0.6) is 5.75 Å². The van der Waals surface area contributed by atoms with Crippen LogP contribution in [-0.2, 0) is 19.1 Å². The number of ether oxygens (including phenoxy) is 3. The number of benzene rings is 2. The van der Waals surface area contributed by atoms with Crippen molar-refractivity contribution in [3.63, 3.8) is 0 Å². The minimum atomic E-state index is -0.500. The average molecular weight is 455 g/mol. The maximum absolute atomic E-state index is 13.5. The lowest BCUT2D eigenvalue weighted by Gasteiger charge is -2.28. The number of methoxy groups -OCH3 is 1. The first kappa shape index (κ1) is 24.3. The molecule has 0 aliphatic carbocycles. The van der Waals surface area contributed by atoms with Gasteiger partial charge in [-0.15, -0.1) is 0 Å². The van der Waals surface area contributed by atoms with Crippen LogP contribution in [0.1, 0.15) is 42.3 Å². The zero-order chi connectivity index (χ0) is 23.8. The number of anilines is 1. The molecule has 1 aliphatic rings. The molecule has 0 aromatic heterocycles. The first-order valence-electron chi connectivity index (χ1n) is 11.1. The molecule has 2 aromatic carbocycles. The van der Waals surface area contributed by atoms with Gasteiger partial charge in [-0.2, -0.15) is 0 Å². The molecule has 2 amide bonds. The van der Waals surface area contributed by atoms with E-state index < -0.39 is 12.1 Å². The monoisotopic (exact) mass is 454 g/mol. The van der Waals surface area contributed by atoms with Crippen molar-refractivity contribution in [3.05, 3.63) is 59.7 Å². The number of fused-ring (bicyclic) bond motifs is 1. The second-order valence-corrected chi connectivity index (χ2v) is 7.50. The van der Waals surface area contributed by atoms with E-state index in [0.29, 0.717) is 23.6 Å². The van der Waals surface area contributed by atoms with Crippen molar-refractivity contribution in [2.24, 2.45) is 0 Å². The highest BCUT2D eigenvalue weighted by Gasteiger charge is 2.31. The summed E-state index contributed by atoms with van der Waals surface area (Å²) in [5.74, 6) is -0.518. The van der Waals surface area contributed by atoms with Crippen molar-refractivity contribution in [1.82, 2.24) is 4.90 Å². The lowest BCUT2D eigenvalue weighted by molar-refractivity contribution is -0.142. The lowest BCUT2D eigenvalue weighted by atomic mass is 10.0. The van der Waals surface area contributed by atoms with Gasteiger partial charge in [-0.1, -0.05) is 30.3 Å². The Bertz CT molecular complexity index is 992. The maximum Gasteiger partial charge on any atom is 0.326 e. The summed E-state index contributed by atoms with van der Waals surface area (Å²) in [7, 11) is 1.56. The van der Waals surface area contributed by atoms with Gasteiger partial charge in [0.05, 0.1) is 31.0 Å². The van der Waals surface area contributed by atoms with Crippen LogP contribution >= 0.6 is 0 Å². The SMILES string of the molecule is CCOC(=O)CN1C(=O)CCN(C(=O)c2ccccc2OCC)CC(OC)c2ccccc21. The Morgan fingerprint density at radius 1 is 1.03 bits per heavy atom. The maximum atomic E-state index is 13.5. The predicted molar refractivity (Wildman–Crippen MR) is 123 cm³/mol. The van der Waals surface area contributed by atoms with Gasteiger partial charge in [-0.05, 0) is 32.0 Å². The van der Waals surface area contributed by atoms with E-state index in [1.165, 1.54) is 4.90 Å².